The molecule has 0 saturated carbocycles. The van der Waals surface area contributed by atoms with E-state index >= 15 is 0 Å². The average Bonchev–Trinajstić information content (AvgIpc) is 2.68. The first kappa shape index (κ1) is 13.4. The third-order valence-electron chi connectivity index (χ3n) is 2.78. The number of hydrogen-bond donors (Lipinski definition) is 1. The van der Waals surface area contributed by atoms with Crippen molar-refractivity contribution in [2.24, 2.45) is 0 Å². The van der Waals surface area contributed by atoms with Gasteiger partial charge in [0.1, 0.15) is 11.3 Å². The Hall–Kier alpha value is -2.05. The molecule has 1 aliphatic rings. The number of hydrogen-bond acceptors (Lipinski definition) is 5. The fraction of sp³-hybridized carbons (Fsp3) is 0.583. The van der Waals surface area contributed by atoms with Gasteiger partial charge >= 0.3 is 6.09 Å². The van der Waals surface area contributed by atoms with Crippen molar-refractivity contribution in [3.63, 3.8) is 0 Å². The van der Waals surface area contributed by atoms with E-state index < -0.39 is 17.7 Å². The molecule has 7 heteroatoms. The predicted molar refractivity (Wildman–Crippen MR) is 63.3 cm³/mol. The molecule has 1 N–H and O–H groups in total. The van der Waals surface area contributed by atoms with Gasteiger partial charge in [-0.3, -0.25) is 5.10 Å². The summed E-state index contributed by atoms with van der Waals surface area (Å²) in [6.45, 7) is 6.06. The molecule has 0 fully saturated rings. The minimum absolute atomic E-state index is 0.0705. The molecule has 0 aliphatic carbocycles. The number of nitrogens with zero attached hydrogens (tertiary/aromatic N) is 2. The van der Waals surface area contributed by atoms with Crippen LogP contribution >= 0.6 is 0 Å². The van der Waals surface area contributed by atoms with E-state index in [1.54, 1.807) is 20.8 Å². The van der Waals surface area contributed by atoms with Crippen molar-refractivity contribution in [1.82, 2.24) is 15.1 Å². The molecular weight excluding hydrogens is 250 g/mol. The first-order valence-electron chi connectivity index (χ1n) is 6.03. The number of amides is 1. The van der Waals surface area contributed by atoms with E-state index in [4.69, 9.17) is 4.74 Å². The smallest absolute Gasteiger partial charge is 0.410 e. The number of aromatic nitrogens is 2. The molecule has 0 unspecified atom stereocenters. The van der Waals surface area contributed by atoms with Gasteiger partial charge in [-0.2, -0.15) is 5.10 Å². The van der Waals surface area contributed by atoms with Gasteiger partial charge < -0.3 is 19.5 Å². The normalized spacial score (nSPS) is 15.0. The average molecular weight is 266 g/mol. The van der Waals surface area contributed by atoms with Crippen molar-refractivity contribution in [2.75, 3.05) is 6.54 Å². The van der Waals surface area contributed by atoms with Crippen LogP contribution in [0.1, 0.15) is 42.5 Å². The Morgan fingerprint density at radius 3 is 2.68 bits per heavy atom. The van der Waals surface area contributed by atoms with Gasteiger partial charge in [0, 0.05) is 12.1 Å². The number of H-pyrrole nitrogens is 1. The highest BCUT2D eigenvalue weighted by molar-refractivity contribution is 5.85. The van der Waals surface area contributed by atoms with Crippen LogP contribution in [0.15, 0.2) is 0 Å². The molecule has 104 valence electrons. The molecule has 0 radical (unpaired) electrons. The number of rotatable bonds is 1. The molecule has 0 spiro atoms. The number of carboxylic acids is 1. The zero-order valence-electron chi connectivity index (χ0n) is 11.1. The summed E-state index contributed by atoms with van der Waals surface area (Å²) in [4.78, 5) is 24.3. The van der Waals surface area contributed by atoms with Crippen molar-refractivity contribution < 1.29 is 19.4 Å². The lowest BCUT2D eigenvalue weighted by Crippen LogP contribution is -2.40. The number of fused-ring (bicyclic) bond motifs is 1. The Labute approximate surface area is 110 Å². The van der Waals surface area contributed by atoms with Gasteiger partial charge in [0.15, 0.2) is 0 Å². The van der Waals surface area contributed by atoms with Crippen LogP contribution in [0.4, 0.5) is 4.79 Å². The molecule has 0 atom stereocenters. The number of carbonyl (C=O) groups excluding carboxylic acids is 2. The van der Waals surface area contributed by atoms with Crippen LogP contribution in [0.2, 0.25) is 0 Å². The maximum absolute atomic E-state index is 11.9. The van der Waals surface area contributed by atoms with E-state index in [1.165, 1.54) is 4.90 Å². The molecule has 19 heavy (non-hydrogen) atoms. The monoisotopic (exact) mass is 266 g/mol. The summed E-state index contributed by atoms with van der Waals surface area (Å²) < 4.78 is 5.27. The summed E-state index contributed by atoms with van der Waals surface area (Å²) in [5.41, 5.74) is 0.608. The van der Waals surface area contributed by atoms with Gasteiger partial charge in [-0.15, -0.1) is 0 Å². The summed E-state index contributed by atoms with van der Waals surface area (Å²) in [6.07, 6.45) is 0.0109. The molecule has 1 amide bonds. The third kappa shape index (κ3) is 2.86. The van der Waals surface area contributed by atoms with Crippen LogP contribution in [-0.4, -0.2) is 39.3 Å². The molecule has 0 aromatic carbocycles. The number of aromatic carboxylic acids is 1. The van der Waals surface area contributed by atoms with Gasteiger partial charge in [0.2, 0.25) is 0 Å². The van der Waals surface area contributed by atoms with Crippen molar-refractivity contribution in [1.29, 1.82) is 0 Å². The first-order valence-corrected chi connectivity index (χ1v) is 6.03. The lowest BCUT2D eigenvalue weighted by atomic mass is 10.0. The lowest BCUT2D eigenvalue weighted by molar-refractivity contribution is -0.255. The predicted octanol–water partition coefficient (Wildman–Crippen LogP) is 0.0664. The molecule has 2 heterocycles. The Morgan fingerprint density at radius 2 is 2.11 bits per heavy atom. The highest BCUT2D eigenvalue weighted by Gasteiger charge is 2.28. The second-order valence-electron chi connectivity index (χ2n) is 5.47. The Bertz CT molecular complexity index is 516. The fourth-order valence-corrected chi connectivity index (χ4v) is 1.97. The number of carbonyl (C=O) groups is 2. The molecule has 2 rings (SSSR count). The Kier molecular flexibility index (Phi) is 3.21. The van der Waals surface area contributed by atoms with Gasteiger partial charge in [-0.25, -0.2) is 4.79 Å². The summed E-state index contributed by atoms with van der Waals surface area (Å²) in [7, 11) is 0. The minimum Gasteiger partial charge on any atom is -0.543 e. The van der Waals surface area contributed by atoms with E-state index in [1.807, 2.05) is 0 Å². The Balaban J connectivity index is 2.11. The summed E-state index contributed by atoms with van der Waals surface area (Å²) in [5, 5.41) is 17.2. The van der Waals surface area contributed by atoms with Gasteiger partial charge in [0.05, 0.1) is 18.2 Å². The highest BCUT2D eigenvalue weighted by Crippen LogP contribution is 2.21. The van der Waals surface area contributed by atoms with E-state index in [0.29, 0.717) is 24.2 Å². The lowest BCUT2D eigenvalue weighted by Gasteiger charge is -2.29. The van der Waals surface area contributed by atoms with Crippen LogP contribution < -0.4 is 5.11 Å². The molecule has 0 bridgehead atoms. The minimum atomic E-state index is -1.30. The summed E-state index contributed by atoms with van der Waals surface area (Å²) in [5.74, 6) is -1.30. The van der Waals surface area contributed by atoms with Crippen molar-refractivity contribution in [3.05, 3.63) is 17.0 Å². The Morgan fingerprint density at radius 1 is 1.42 bits per heavy atom. The van der Waals surface area contributed by atoms with Crippen LogP contribution in [0.5, 0.6) is 0 Å². The van der Waals surface area contributed by atoms with Crippen LogP contribution in [0, 0.1) is 0 Å². The maximum atomic E-state index is 11.9. The van der Waals surface area contributed by atoms with Gasteiger partial charge in [-0.05, 0) is 27.2 Å². The molecular formula is C12H16N3O4-. The molecule has 1 aromatic rings. The third-order valence-corrected chi connectivity index (χ3v) is 2.78. The largest absolute Gasteiger partial charge is 0.543 e. The first-order chi connectivity index (χ1) is 8.78. The van der Waals surface area contributed by atoms with Gasteiger partial charge in [0.25, 0.3) is 0 Å². The zero-order valence-corrected chi connectivity index (χ0v) is 11.1. The second-order valence-corrected chi connectivity index (χ2v) is 5.47. The molecule has 0 saturated heterocycles. The SMILES string of the molecule is CC(C)(C)OC(=O)N1CCc2c(C(=O)[O-])n[nH]c2C1. The number of aromatic amines is 1. The quantitative estimate of drug-likeness (QED) is 0.775. The molecule has 1 aromatic heterocycles. The van der Waals surface area contributed by atoms with E-state index in [9.17, 15) is 14.7 Å². The van der Waals surface area contributed by atoms with Crippen molar-refractivity contribution >= 4 is 12.1 Å². The van der Waals surface area contributed by atoms with E-state index in [-0.39, 0.29) is 12.2 Å². The zero-order chi connectivity index (χ0) is 14.2. The van der Waals surface area contributed by atoms with E-state index in [2.05, 4.69) is 10.2 Å². The van der Waals surface area contributed by atoms with Crippen LogP contribution in [0.3, 0.4) is 0 Å². The van der Waals surface area contributed by atoms with E-state index in [0.717, 1.165) is 0 Å². The topological polar surface area (TPSA) is 98.3 Å². The summed E-state index contributed by atoms with van der Waals surface area (Å²) >= 11 is 0. The van der Waals surface area contributed by atoms with Crippen molar-refractivity contribution in [2.45, 2.75) is 39.3 Å². The highest BCUT2D eigenvalue weighted by atomic mass is 16.6. The molecule has 1 aliphatic heterocycles. The fourth-order valence-electron chi connectivity index (χ4n) is 1.97. The van der Waals surface area contributed by atoms with Crippen molar-refractivity contribution in [3.8, 4) is 0 Å². The van der Waals surface area contributed by atoms with Crippen LogP contribution in [-0.2, 0) is 17.7 Å². The standard InChI is InChI=1S/C12H17N3O4/c1-12(2,3)19-11(18)15-5-4-7-8(6-15)13-14-9(7)10(16)17/h4-6H2,1-3H3,(H,13,14)(H,16,17)/p-1. The second kappa shape index (κ2) is 4.56. The maximum Gasteiger partial charge on any atom is 0.410 e. The number of ether oxygens (including phenoxy) is 1. The number of carboxylic acid groups (broad SMARTS) is 1. The summed E-state index contributed by atoms with van der Waals surface area (Å²) in [6, 6.07) is 0. The van der Waals surface area contributed by atoms with Gasteiger partial charge in [-0.1, -0.05) is 0 Å². The number of nitrogens with one attached hydrogen (secondary N) is 1. The van der Waals surface area contributed by atoms with Crippen LogP contribution in [0.25, 0.3) is 0 Å². The molecule has 7 nitrogen and oxygen atoms in total.